The van der Waals surface area contributed by atoms with Crippen LogP contribution in [0.4, 0.5) is 0 Å². The number of aryl methyl sites for hydroxylation is 1. The SMILES string of the molecule is C=CC(=O)N1CCC(N[C@H]2CCc3cc(-c4nc5c(-n6cccn6)ccnn5c4-c4ccccc4)ccc32)CC1. The average molecular weight is 530 g/mol. The molecule has 0 unspecified atom stereocenters. The molecule has 1 atom stereocenters. The van der Waals surface area contributed by atoms with Crippen molar-refractivity contribution in [2.45, 2.75) is 37.8 Å². The van der Waals surface area contributed by atoms with Crippen LogP contribution in [-0.2, 0) is 11.2 Å². The van der Waals surface area contributed by atoms with Gasteiger partial charge in [0, 0.05) is 48.7 Å². The summed E-state index contributed by atoms with van der Waals surface area (Å²) in [4.78, 5) is 19.0. The van der Waals surface area contributed by atoms with Crippen LogP contribution in [0.2, 0.25) is 0 Å². The fraction of sp³-hybridized carbons (Fsp3) is 0.250. The highest BCUT2D eigenvalue weighted by Crippen LogP contribution is 2.38. The molecule has 7 rings (SSSR count). The van der Waals surface area contributed by atoms with E-state index in [2.05, 4.69) is 47.3 Å². The third-order valence-electron chi connectivity index (χ3n) is 8.21. The molecule has 200 valence electrons. The van der Waals surface area contributed by atoms with Crippen molar-refractivity contribution in [2.75, 3.05) is 13.1 Å². The van der Waals surface area contributed by atoms with Gasteiger partial charge in [-0.3, -0.25) is 4.79 Å². The third-order valence-corrected chi connectivity index (χ3v) is 8.21. The highest BCUT2D eigenvalue weighted by molar-refractivity contribution is 5.87. The molecule has 1 saturated heterocycles. The van der Waals surface area contributed by atoms with Crippen LogP contribution in [0.25, 0.3) is 33.8 Å². The van der Waals surface area contributed by atoms with Crippen LogP contribution >= 0.6 is 0 Å². The fourth-order valence-electron chi connectivity index (χ4n) is 6.20. The lowest BCUT2D eigenvalue weighted by atomic mass is 9.99. The number of benzene rings is 2. The Morgan fingerprint density at radius 3 is 2.58 bits per heavy atom. The molecule has 1 amide bonds. The van der Waals surface area contributed by atoms with E-state index in [1.807, 2.05) is 50.6 Å². The standard InChI is InChI=1S/C32H31N7O/c1-2-29(40)37-19-14-25(15-20-37)35-27-12-10-23-21-24(9-11-26(23)27)30-31(22-7-4-3-5-8-22)39-32(36-30)28(13-17-34-39)38-18-6-16-33-38/h2-9,11,13,16-18,21,25,27,35H,1,10,12,14-15,19-20H2/t27-/m0/s1. The van der Waals surface area contributed by atoms with Crippen LogP contribution in [0, 0.1) is 0 Å². The summed E-state index contributed by atoms with van der Waals surface area (Å²) in [6, 6.07) is 21.7. The van der Waals surface area contributed by atoms with Gasteiger partial charge in [0.25, 0.3) is 0 Å². The maximum absolute atomic E-state index is 12.0. The summed E-state index contributed by atoms with van der Waals surface area (Å²) < 4.78 is 3.77. The lowest BCUT2D eigenvalue weighted by Gasteiger charge is -2.33. The minimum atomic E-state index is 0.0333. The number of hydrogen-bond donors (Lipinski definition) is 1. The molecular weight excluding hydrogens is 498 g/mol. The topological polar surface area (TPSA) is 80.3 Å². The second kappa shape index (κ2) is 10.2. The number of likely N-dealkylation sites (tertiary alicyclic amines) is 1. The molecule has 8 nitrogen and oxygen atoms in total. The molecule has 8 heteroatoms. The first kappa shape index (κ1) is 24.5. The van der Waals surface area contributed by atoms with Crippen molar-refractivity contribution in [2.24, 2.45) is 0 Å². The van der Waals surface area contributed by atoms with Gasteiger partial charge in [-0.05, 0) is 61.1 Å². The van der Waals surface area contributed by atoms with Crippen LogP contribution in [0.1, 0.15) is 36.4 Å². The Bertz CT molecular complexity index is 1680. The lowest BCUT2D eigenvalue weighted by Crippen LogP contribution is -2.45. The fourth-order valence-corrected chi connectivity index (χ4v) is 6.20. The van der Waals surface area contributed by atoms with E-state index in [0.717, 1.165) is 72.6 Å². The Kier molecular flexibility index (Phi) is 6.24. The molecule has 0 spiro atoms. The number of nitrogens with one attached hydrogen (secondary N) is 1. The van der Waals surface area contributed by atoms with E-state index in [1.165, 1.54) is 17.2 Å². The van der Waals surface area contributed by atoms with Gasteiger partial charge in [-0.15, -0.1) is 0 Å². The normalized spacial score (nSPS) is 17.3. The molecule has 0 radical (unpaired) electrons. The number of aromatic nitrogens is 5. The number of fused-ring (bicyclic) bond motifs is 2. The van der Waals surface area contributed by atoms with E-state index in [9.17, 15) is 4.79 Å². The molecular formula is C32H31N7O. The van der Waals surface area contributed by atoms with Gasteiger partial charge in [0.2, 0.25) is 5.91 Å². The van der Waals surface area contributed by atoms with Crippen molar-refractivity contribution in [3.05, 3.63) is 103 Å². The molecule has 1 aliphatic carbocycles. The van der Waals surface area contributed by atoms with Gasteiger partial charge >= 0.3 is 0 Å². The number of hydrogen-bond acceptors (Lipinski definition) is 5. The van der Waals surface area contributed by atoms with Crippen molar-refractivity contribution in [1.82, 2.24) is 34.6 Å². The average Bonchev–Trinajstić information content (AvgIpc) is 3.76. The Labute approximate surface area is 233 Å². The Morgan fingerprint density at radius 2 is 1.80 bits per heavy atom. The van der Waals surface area contributed by atoms with Crippen molar-refractivity contribution in [1.29, 1.82) is 0 Å². The van der Waals surface area contributed by atoms with Gasteiger partial charge < -0.3 is 10.2 Å². The first-order chi connectivity index (χ1) is 19.7. The number of rotatable bonds is 6. The highest BCUT2D eigenvalue weighted by atomic mass is 16.2. The molecule has 1 aliphatic heterocycles. The zero-order valence-electron chi connectivity index (χ0n) is 22.3. The summed E-state index contributed by atoms with van der Waals surface area (Å²) in [6.45, 7) is 5.19. The van der Waals surface area contributed by atoms with Gasteiger partial charge in [-0.1, -0.05) is 49.0 Å². The molecule has 1 N–H and O–H groups in total. The Balaban J connectivity index is 1.22. The molecule has 5 aromatic rings. The van der Waals surface area contributed by atoms with Crippen LogP contribution in [-0.4, -0.2) is 54.3 Å². The lowest BCUT2D eigenvalue weighted by molar-refractivity contribution is -0.127. The predicted molar refractivity (Wildman–Crippen MR) is 155 cm³/mol. The van der Waals surface area contributed by atoms with Gasteiger partial charge in [0.15, 0.2) is 5.65 Å². The smallest absolute Gasteiger partial charge is 0.245 e. The van der Waals surface area contributed by atoms with Crippen LogP contribution in [0.5, 0.6) is 0 Å². The van der Waals surface area contributed by atoms with Crippen molar-refractivity contribution >= 4 is 11.6 Å². The summed E-state index contributed by atoms with van der Waals surface area (Å²) in [7, 11) is 0. The second-order valence-electron chi connectivity index (χ2n) is 10.6. The van der Waals surface area contributed by atoms with E-state index >= 15 is 0 Å². The summed E-state index contributed by atoms with van der Waals surface area (Å²) in [5.74, 6) is 0.0333. The van der Waals surface area contributed by atoms with Gasteiger partial charge in [-0.25, -0.2) is 14.2 Å². The van der Waals surface area contributed by atoms with E-state index in [-0.39, 0.29) is 5.91 Å². The number of nitrogens with zero attached hydrogens (tertiary/aromatic N) is 6. The minimum absolute atomic E-state index is 0.0333. The zero-order chi connectivity index (χ0) is 27.1. The molecule has 4 heterocycles. The molecule has 2 aliphatic rings. The quantitative estimate of drug-likeness (QED) is 0.313. The largest absolute Gasteiger partial charge is 0.339 e. The summed E-state index contributed by atoms with van der Waals surface area (Å²) >= 11 is 0. The summed E-state index contributed by atoms with van der Waals surface area (Å²) in [6.07, 6.45) is 11.0. The molecule has 0 saturated carbocycles. The van der Waals surface area contributed by atoms with E-state index in [1.54, 1.807) is 12.4 Å². The Hall–Kier alpha value is -4.56. The van der Waals surface area contributed by atoms with Gasteiger partial charge in [-0.2, -0.15) is 10.2 Å². The highest BCUT2D eigenvalue weighted by Gasteiger charge is 2.29. The number of piperidine rings is 1. The third kappa shape index (κ3) is 4.30. The number of carbonyl (C=O) groups is 1. The van der Waals surface area contributed by atoms with E-state index in [0.29, 0.717) is 12.1 Å². The van der Waals surface area contributed by atoms with Crippen LogP contribution in [0.3, 0.4) is 0 Å². The number of carbonyl (C=O) groups excluding carboxylic acids is 1. The number of amides is 1. The van der Waals surface area contributed by atoms with Crippen molar-refractivity contribution in [3.63, 3.8) is 0 Å². The molecule has 3 aromatic heterocycles. The Morgan fingerprint density at radius 1 is 0.950 bits per heavy atom. The van der Waals surface area contributed by atoms with Crippen LogP contribution < -0.4 is 5.32 Å². The maximum atomic E-state index is 12.0. The zero-order valence-corrected chi connectivity index (χ0v) is 22.3. The van der Waals surface area contributed by atoms with Crippen molar-refractivity contribution < 1.29 is 4.79 Å². The molecule has 2 aromatic carbocycles. The predicted octanol–water partition coefficient (Wildman–Crippen LogP) is 5.00. The van der Waals surface area contributed by atoms with E-state index in [4.69, 9.17) is 10.1 Å². The monoisotopic (exact) mass is 529 g/mol. The number of imidazole rings is 1. The van der Waals surface area contributed by atoms with Gasteiger partial charge in [0.05, 0.1) is 11.9 Å². The second-order valence-corrected chi connectivity index (χ2v) is 10.6. The molecule has 40 heavy (non-hydrogen) atoms. The minimum Gasteiger partial charge on any atom is -0.339 e. The maximum Gasteiger partial charge on any atom is 0.245 e. The van der Waals surface area contributed by atoms with Crippen molar-refractivity contribution in [3.8, 4) is 28.2 Å². The molecule has 1 fully saturated rings. The molecule has 0 bridgehead atoms. The van der Waals surface area contributed by atoms with Gasteiger partial charge in [0.1, 0.15) is 11.4 Å². The van der Waals surface area contributed by atoms with Crippen LogP contribution in [0.15, 0.2) is 91.9 Å². The van der Waals surface area contributed by atoms with E-state index < -0.39 is 0 Å². The summed E-state index contributed by atoms with van der Waals surface area (Å²) in [5, 5.41) is 13.1. The first-order valence-electron chi connectivity index (χ1n) is 13.9. The first-order valence-corrected chi connectivity index (χ1v) is 13.9. The summed E-state index contributed by atoms with van der Waals surface area (Å²) in [5.41, 5.74) is 8.42.